The predicted octanol–water partition coefficient (Wildman–Crippen LogP) is 15.8. The van der Waals surface area contributed by atoms with Crippen LogP contribution in [0, 0.1) is 0 Å². The Hall–Kier alpha value is -8.80. The maximum Gasteiger partial charge on any atom is 0.330 e. The highest BCUT2D eigenvalue weighted by molar-refractivity contribution is 8.03. The first-order valence-electron chi connectivity index (χ1n) is 27.9. The van der Waals surface area contributed by atoms with Gasteiger partial charge in [-0.2, -0.15) is 0 Å². The molecule has 0 aliphatic carbocycles. The Labute approximate surface area is 534 Å². The molecule has 0 spiro atoms. The van der Waals surface area contributed by atoms with E-state index in [1.54, 1.807) is 47.0 Å². The normalized spacial score (nSPS) is 10.8. The zero-order valence-corrected chi connectivity index (χ0v) is 52.0. The summed E-state index contributed by atoms with van der Waals surface area (Å²) in [5, 5.41) is 0.191. The molecule has 0 amide bonds. The Bertz CT molecular complexity index is 2900. The van der Waals surface area contributed by atoms with Crippen LogP contribution in [0.1, 0.15) is 0 Å². The lowest BCUT2D eigenvalue weighted by molar-refractivity contribution is -0.146. The van der Waals surface area contributed by atoms with Crippen LogP contribution in [0.4, 0.5) is 0 Å². The van der Waals surface area contributed by atoms with E-state index >= 15 is 0 Å². The highest BCUT2D eigenvalue weighted by Gasteiger charge is 2.18. The Kier molecular flexibility index (Phi) is 34.8. The van der Waals surface area contributed by atoms with Gasteiger partial charge in [0, 0.05) is 61.1 Å². The molecule has 2 unspecified atom stereocenters. The molecule has 16 heteroatoms. The van der Waals surface area contributed by atoms with Gasteiger partial charge in [-0.25, -0.2) is 19.2 Å². The van der Waals surface area contributed by atoms with Crippen LogP contribution in [0.2, 0.25) is 0 Å². The van der Waals surface area contributed by atoms with Crippen molar-refractivity contribution in [2.24, 2.45) is 0 Å². The van der Waals surface area contributed by atoms with Gasteiger partial charge < -0.3 is 37.9 Å². The summed E-state index contributed by atoms with van der Waals surface area (Å²) in [7, 11) is 0. The van der Waals surface area contributed by atoms with Crippen LogP contribution in [0.25, 0.3) is 0 Å². The Morgan fingerprint density at radius 3 is 0.977 bits per heavy atom. The third kappa shape index (κ3) is 31.5. The molecule has 2 atom stereocenters. The van der Waals surface area contributed by atoms with E-state index in [1.165, 1.54) is 31.7 Å². The molecule has 0 aliphatic heterocycles. The van der Waals surface area contributed by atoms with E-state index in [4.69, 9.17) is 37.9 Å². The zero-order chi connectivity index (χ0) is 62.5. The molecule has 0 aliphatic rings. The summed E-state index contributed by atoms with van der Waals surface area (Å²) >= 11 is 6.88. The number of carbonyl (C=O) groups excluding carboxylic acids is 4. The standard InChI is InChI=1S/2C18H18O4.2C18H18O2S2/c1-2-18(19)21-14-17(22-16-11-7-4-8-12-16)13-20-15-9-5-3-6-10-15;1-2-18(19)22-17(13-20-15-9-5-3-6-10-15)14-21-16-11-7-4-8-12-16;1-2-18(19)20-15(13-21-16-9-5-3-6-10-16)14-22-17-11-7-4-8-12-17;1-2-18(19)20-13-17(22-16-11-7-4-8-12-16)14-21-15-9-5-3-6-10-15/h2*2-12,17H,1,13-14H2;2-12,15H,1,13-14H2;2-12,17H,1,13-14H2. The lowest BCUT2D eigenvalue weighted by Gasteiger charge is -2.19. The molecule has 88 heavy (non-hydrogen) atoms. The maximum atomic E-state index is 11.5. The van der Waals surface area contributed by atoms with Gasteiger partial charge in [0.2, 0.25) is 0 Å². The summed E-state index contributed by atoms with van der Waals surface area (Å²) in [6.07, 6.45) is 3.58. The van der Waals surface area contributed by atoms with Crippen molar-refractivity contribution in [2.45, 2.75) is 43.1 Å². The molecule has 0 aromatic heterocycles. The fraction of sp³-hybridized carbons (Fsp3) is 0.167. The van der Waals surface area contributed by atoms with Gasteiger partial charge in [-0.05, 0) is 97.1 Å². The van der Waals surface area contributed by atoms with Crippen LogP contribution in [0.3, 0.4) is 0 Å². The highest BCUT2D eigenvalue weighted by atomic mass is 32.2. The van der Waals surface area contributed by atoms with Crippen LogP contribution >= 0.6 is 47.0 Å². The molecular weight excluding hydrogens is 1190 g/mol. The molecule has 8 aromatic carbocycles. The number of para-hydroxylation sites is 4. The molecule has 456 valence electrons. The van der Waals surface area contributed by atoms with Gasteiger partial charge in [-0.1, -0.05) is 172 Å². The molecule has 0 radical (unpaired) electrons. The lowest BCUT2D eigenvalue weighted by atomic mass is 10.3. The average Bonchev–Trinajstić information content (AvgIpc) is 3.63. The molecular formula is C72H72O12S4. The third-order valence-corrected chi connectivity index (χ3v) is 16.1. The van der Waals surface area contributed by atoms with Crippen LogP contribution < -0.4 is 18.9 Å². The van der Waals surface area contributed by atoms with E-state index in [9.17, 15) is 19.2 Å². The maximum absolute atomic E-state index is 11.5. The van der Waals surface area contributed by atoms with Gasteiger partial charge >= 0.3 is 23.9 Å². The van der Waals surface area contributed by atoms with Gasteiger partial charge in [0.1, 0.15) is 62.1 Å². The van der Waals surface area contributed by atoms with Crippen molar-refractivity contribution in [1.82, 2.24) is 0 Å². The van der Waals surface area contributed by atoms with Crippen molar-refractivity contribution < 1.29 is 57.1 Å². The number of carbonyl (C=O) groups is 4. The van der Waals surface area contributed by atoms with E-state index in [-0.39, 0.29) is 49.7 Å². The Morgan fingerprint density at radius 1 is 0.318 bits per heavy atom. The summed E-state index contributed by atoms with van der Waals surface area (Å²) < 4.78 is 43.6. The SMILES string of the molecule is C=CC(=O)OC(COc1ccccc1)COc1ccccc1.C=CC(=O)OC(CSc1ccccc1)CSc1ccccc1.C=CC(=O)OCC(COc1ccccc1)Oc1ccccc1.C=CC(=O)OCC(CSc1ccccc1)Sc1ccccc1. The van der Waals surface area contributed by atoms with E-state index in [1.807, 2.05) is 194 Å². The molecule has 0 fully saturated rings. The zero-order valence-electron chi connectivity index (χ0n) is 48.7. The van der Waals surface area contributed by atoms with E-state index in [0.29, 0.717) is 23.9 Å². The average molecular weight is 1260 g/mol. The van der Waals surface area contributed by atoms with Crippen LogP contribution in [-0.2, 0) is 38.1 Å². The second-order valence-electron chi connectivity index (χ2n) is 18.0. The number of rotatable bonds is 32. The topological polar surface area (TPSA) is 142 Å². The fourth-order valence-corrected chi connectivity index (χ4v) is 11.1. The van der Waals surface area contributed by atoms with Gasteiger partial charge in [0.25, 0.3) is 0 Å². The summed E-state index contributed by atoms with van der Waals surface area (Å²) in [5.41, 5.74) is 0. The number of ether oxygens (including phenoxy) is 8. The van der Waals surface area contributed by atoms with Gasteiger partial charge in [-0.15, -0.1) is 47.0 Å². The molecule has 8 aromatic rings. The van der Waals surface area contributed by atoms with E-state index in [2.05, 4.69) is 74.8 Å². The van der Waals surface area contributed by atoms with Crippen molar-refractivity contribution in [1.29, 1.82) is 0 Å². The number of hydrogen-bond acceptors (Lipinski definition) is 16. The molecule has 0 N–H and O–H groups in total. The summed E-state index contributed by atoms with van der Waals surface area (Å²) in [6.45, 7) is 14.8. The Balaban J connectivity index is 0.000000214. The second kappa shape index (κ2) is 43.8. The van der Waals surface area contributed by atoms with Crippen LogP contribution in [0.15, 0.2) is 313 Å². The fourth-order valence-electron chi connectivity index (χ4n) is 6.98. The summed E-state index contributed by atoms with van der Waals surface area (Å²) in [4.78, 5) is 50.1. The molecule has 0 saturated heterocycles. The number of esters is 4. The molecule has 12 nitrogen and oxygen atoms in total. The second-order valence-corrected chi connectivity index (χ2v) is 22.7. The van der Waals surface area contributed by atoms with Gasteiger partial charge in [-0.3, -0.25) is 0 Å². The third-order valence-electron chi connectivity index (χ3n) is 11.2. The van der Waals surface area contributed by atoms with Crippen molar-refractivity contribution in [3.8, 4) is 23.0 Å². The van der Waals surface area contributed by atoms with Crippen LogP contribution in [-0.4, -0.2) is 97.7 Å². The summed E-state index contributed by atoms with van der Waals surface area (Å²) in [6, 6.07) is 78.0. The molecule has 0 heterocycles. The van der Waals surface area contributed by atoms with Crippen molar-refractivity contribution in [3.05, 3.63) is 293 Å². The van der Waals surface area contributed by atoms with Gasteiger partial charge in [0.15, 0.2) is 12.2 Å². The Morgan fingerprint density at radius 2 is 0.614 bits per heavy atom. The molecule has 8 rings (SSSR count). The van der Waals surface area contributed by atoms with E-state index < -0.39 is 24.1 Å². The molecule has 0 saturated carbocycles. The predicted molar refractivity (Wildman–Crippen MR) is 357 cm³/mol. The highest BCUT2D eigenvalue weighted by Crippen LogP contribution is 2.29. The van der Waals surface area contributed by atoms with Crippen molar-refractivity contribution in [3.63, 3.8) is 0 Å². The minimum absolute atomic E-state index is 0.0899. The minimum atomic E-state index is -0.522. The minimum Gasteiger partial charge on any atom is -0.490 e. The quantitative estimate of drug-likeness (QED) is 0.0171. The number of benzene rings is 8. The molecule has 0 bridgehead atoms. The first-order chi connectivity index (χ1) is 43.1. The first-order valence-corrected chi connectivity index (χ1v) is 31.7. The lowest BCUT2D eigenvalue weighted by Crippen LogP contribution is -2.31. The largest absolute Gasteiger partial charge is 0.490 e. The summed E-state index contributed by atoms with van der Waals surface area (Å²) in [5.74, 6) is 3.44. The van der Waals surface area contributed by atoms with E-state index in [0.717, 1.165) is 35.2 Å². The van der Waals surface area contributed by atoms with Crippen LogP contribution in [0.5, 0.6) is 23.0 Å². The smallest absolute Gasteiger partial charge is 0.330 e. The first kappa shape index (κ1) is 70.0. The van der Waals surface area contributed by atoms with Crippen molar-refractivity contribution in [2.75, 3.05) is 50.3 Å². The van der Waals surface area contributed by atoms with Crippen molar-refractivity contribution >= 4 is 70.9 Å². The monoisotopic (exact) mass is 1260 g/mol. The number of hydrogen-bond donors (Lipinski definition) is 0. The number of thioether (sulfide) groups is 4. The van der Waals surface area contributed by atoms with Gasteiger partial charge in [0.05, 0.1) is 5.25 Å².